The number of aromatic amines is 2. The topological polar surface area (TPSA) is 98.8 Å². The SMILES string of the molecule is Cc1[nH]c2ccccc2c1-c1ncc(C(=O)O)c(=O)[nH]1. The molecule has 0 aliphatic heterocycles. The second kappa shape index (κ2) is 4.34. The van der Waals surface area contributed by atoms with E-state index in [1.165, 1.54) is 0 Å². The number of para-hydroxylation sites is 1. The van der Waals surface area contributed by atoms with Gasteiger partial charge in [0.1, 0.15) is 11.4 Å². The van der Waals surface area contributed by atoms with Crippen molar-refractivity contribution in [2.45, 2.75) is 6.92 Å². The van der Waals surface area contributed by atoms with E-state index in [0.717, 1.165) is 28.4 Å². The highest BCUT2D eigenvalue weighted by atomic mass is 16.4. The Morgan fingerprint density at radius 1 is 1.25 bits per heavy atom. The summed E-state index contributed by atoms with van der Waals surface area (Å²) in [6.45, 7) is 1.88. The van der Waals surface area contributed by atoms with Crippen LogP contribution in [0.25, 0.3) is 22.3 Å². The molecule has 100 valence electrons. The van der Waals surface area contributed by atoms with Crippen LogP contribution in [0.15, 0.2) is 35.3 Å². The van der Waals surface area contributed by atoms with Crippen molar-refractivity contribution in [2.24, 2.45) is 0 Å². The van der Waals surface area contributed by atoms with Crippen LogP contribution in [0.3, 0.4) is 0 Å². The van der Waals surface area contributed by atoms with Gasteiger partial charge >= 0.3 is 5.97 Å². The van der Waals surface area contributed by atoms with E-state index in [2.05, 4.69) is 15.0 Å². The van der Waals surface area contributed by atoms with Crippen LogP contribution in [0.5, 0.6) is 0 Å². The predicted octanol–water partition coefficient (Wildman–Crippen LogP) is 1.92. The molecule has 0 aliphatic rings. The number of rotatable bonds is 2. The van der Waals surface area contributed by atoms with Crippen molar-refractivity contribution in [1.29, 1.82) is 0 Å². The predicted molar refractivity (Wildman–Crippen MR) is 73.8 cm³/mol. The number of hydrogen-bond donors (Lipinski definition) is 3. The van der Waals surface area contributed by atoms with Gasteiger partial charge in [-0.15, -0.1) is 0 Å². The number of nitrogens with zero attached hydrogens (tertiary/aromatic N) is 1. The second-order valence-corrected chi connectivity index (χ2v) is 4.45. The molecule has 0 aliphatic carbocycles. The second-order valence-electron chi connectivity index (χ2n) is 4.45. The first-order valence-corrected chi connectivity index (χ1v) is 5.98. The van der Waals surface area contributed by atoms with E-state index in [-0.39, 0.29) is 5.56 Å². The van der Waals surface area contributed by atoms with Crippen molar-refractivity contribution < 1.29 is 9.90 Å². The average molecular weight is 269 g/mol. The van der Waals surface area contributed by atoms with Gasteiger partial charge in [-0.2, -0.15) is 0 Å². The first kappa shape index (κ1) is 12.2. The lowest BCUT2D eigenvalue weighted by Gasteiger charge is -2.01. The van der Waals surface area contributed by atoms with E-state index >= 15 is 0 Å². The number of aromatic nitrogens is 3. The summed E-state index contributed by atoms with van der Waals surface area (Å²) < 4.78 is 0. The number of hydrogen-bond acceptors (Lipinski definition) is 3. The van der Waals surface area contributed by atoms with Gasteiger partial charge in [0.05, 0.1) is 0 Å². The Bertz CT molecular complexity index is 877. The molecule has 0 unspecified atom stereocenters. The lowest BCUT2D eigenvalue weighted by Crippen LogP contribution is -2.18. The first-order valence-electron chi connectivity index (χ1n) is 5.98. The molecule has 2 heterocycles. The average Bonchev–Trinajstić information content (AvgIpc) is 2.73. The van der Waals surface area contributed by atoms with Crippen LogP contribution in [-0.4, -0.2) is 26.0 Å². The van der Waals surface area contributed by atoms with E-state index in [9.17, 15) is 9.59 Å². The number of carboxylic acids is 1. The van der Waals surface area contributed by atoms with Crippen molar-refractivity contribution in [3.05, 3.63) is 52.1 Å². The van der Waals surface area contributed by atoms with Crippen LogP contribution in [0, 0.1) is 6.92 Å². The minimum atomic E-state index is -1.29. The normalized spacial score (nSPS) is 10.8. The molecule has 0 saturated carbocycles. The van der Waals surface area contributed by atoms with Gasteiger partial charge in [-0.05, 0) is 13.0 Å². The van der Waals surface area contributed by atoms with Gasteiger partial charge in [-0.25, -0.2) is 9.78 Å². The van der Waals surface area contributed by atoms with Crippen LogP contribution in [-0.2, 0) is 0 Å². The van der Waals surface area contributed by atoms with Crippen LogP contribution >= 0.6 is 0 Å². The molecule has 6 nitrogen and oxygen atoms in total. The first-order chi connectivity index (χ1) is 9.58. The molecule has 0 radical (unpaired) electrons. The molecule has 2 aromatic heterocycles. The van der Waals surface area contributed by atoms with E-state index in [1.54, 1.807) is 0 Å². The van der Waals surface area contributed by atoms with Gasteiger partial charge in [-0.3, -0.25) is 4.79 Å². The summed E-state index contributed by atoms with van der Waals surface area (Å²) in [7, 11) is 0. The Labute approximate surface area is 113 Å². The minimum Gasteiger partial charge on any atom is -0.477 e. The number of fused-ring (bicyclic) bond motifs is 1. The molecule has 3 rings (SSSR count). The fraction of sp³-hybridized carbons (Fsp3) is 0.0714. The molecule has 3 aromatic rings. The van der Waals surface area contributed by atoms with E-state index in [4.69, 9.17) is 5.11 Å². The maximum absolute atomic E-state index is 11.7. The zero-order valence-corrected chi connectivity index (χ0v) is 10.6. The zero-order chi connectivity index (χ0) is 14.3. The van der Waals surface area contributed by atoms with Gasteiger partial charge in [0, 0.05) is 28.4 Å². The quantitative estimate of drug-likeness (QED) is 0.661. The molecule has 20 heavy (non-hydrogen) atoms. The van der Waals surface area contributed by atoms with E-state index in [0.29, 0.717) is 5.82 Å². The van der Waals surface area contributed by atoms with E-state index in [1.807, 2.05) is 31.2 Å². The summed E-state index contributed by atoms with van der Waals surface area (Å²) in [5.41, 5.74) is 1.54. The molecule has 0 saturated heterocycles. The zero-order valence-electron chi connectivity index (χ0n) is 10.6. The van der Waals surface area contributed by atoms with Crippen LogP contribution in [0.1, 0.15) is 16.1 Å². The van der Waals surface area contributed by atoms with Crippen molar-refractivity contribution in [3.8, 4) is 11.4 Å². The lowest BCUT2D eigenvalue weighted by molar-refractivity contribution is 0.0694. The number of H-pyrrole nitrogens is 2. The third-order valence-electron chi connectivity index (χ3n) is 3.16. The summed E-state index contributed by atoms with van der Waals surface area (Å²) >= 11 is 0. The highest BCUT2D eigenvalue weighted by molar-refractivity contribution is 5.95. The summed E-state index contributed by atoms with van der Waals surface area (Å²) in [6.07, 6.45) is 1.08. The Morgan fingerprint density at radius 2 is 2.00 bits per heavy atom. The Hall–Kier alpha value is -2.89. The van der Waals surface area contributed by atoms with Gasteiger partial charge in [0.2, 0.25) is 0 Å². The van der Waals surface area contributed by atoms with Crippen LogP contribution in [0.2, 0.25) is 0 Å². The van der Waals surface area contributed by atoms with Crippen LogP contribution in [0.4, 0.5) is 0 Å². The van der Waals surface area contributed by atoms with Crippen molar-refractivity contribution >= 4 is 16.9 Å². The molecule has 6 heteroatoms. The largest absolute Gasteiger partial charge is 0.477 e. The van der Waals surface area contributed by atoms with Crippen LogP contribution < -0.4 is 5.56 Å². The summed E-state index contributed by atoms with van der Waals surface area (Å²) in [5, 5.41) is 9.77. The smallest absolute Gasteiger partial charge is 0.342 e. The third-order valence-corrected chi connectivity index (χ3v) is 3.16. The van der Waals surface area contributed by atoms with Gasteiger partial charge in [-0.1, -0.05) is 18.2 Å². The molecule has 0 bridgehead atoms. The number of aryl methyl sites for hydroxylation is 1. The molecule has 1 aromatic carbocycles. The fourth-order valence-corrected chi connectivity index (χ4v) is 2.26. The highest BCUT2D eigenvalue weighted by Crippen LogP contribution is 2.28. The molecule has 0 amide bonds. The fourth-order valence-electron chi connectivity index (χ4n) is 2.26. The molecular weight excluding hydrogens is 258 g/mol. The van der Waals surface area contributed by atoms with Crippen molar-refractivity contribution in [2.75, 3.05) is 0 Å². The number of carbonyl (C=O) groups is 1. The maximum Gasteiger partial charge on any atom is 0.342 e. The van der Waals surface area contributed by atoms with E-state index < -0.39 is 11.5 Å². The van der Waals surface area contributed by atoms with Crippen molar-refractivity contribution in [3.63, 3.8) is 0 Å². The minimum absolute atomic E-state index is 0.356. The monoisotopic (exact) mass is 269 g/mol. The number of nitrogens with one attached hydrogen (secondary N) is 2. The van der Waals surface area contributed by atoms with Gasteiger partial charge in [0.15, 0.2) is 0 Å². The lowest BCUT2D eigenvalue weighted by atomic mass is 10.1. The Balaban J connectivity index is 2.26. The maximum atomic E-state index is 11.7. The van der Waals surface area contributed by atoms with Gasteiger partial charge < -0.3 is 15.1 Å². The molecule has 3 N–H and O–H groups in total. The summed E-state index contributed by atoms with van der Waals surface area (Å²) in [6, 6.07) is 7.64. The molecule has 0 atom stereocenters. The highest BCUT2D eigenvalue weighted by Gasteiger charge is 2.15. The standard InChI is InChI=1S/C14H11N3O3/c1-7-11(8-4-2-3-5-10(8)16-7)12-15-6-9(14(19)20)13(18)17-12/h2-6,16H,1H3,(H,19,20)(H,15,17,18). The Morgan fingerprint density at radius 3 is 2.70 bits per heavy atom. The number of carboxylic acid groups (broad SMARTS) is 1. The van der Waals surface area contributed by atoms with Gasteiger partial charge in [0.25, 0.3) is 5.56 Å². The molecule has 0 spiro atoms. The van der Waals surface area contributed by atoms with Crippen molar-refractivity contribution in [1.82, 2.24) is 15.0 Å². The molecule has 0 fully saturated rings. The number of benzene rings is 1. The summed E-state index contributed by atoms with van der Waals surface area (Å²) in [4.78, 5) is 32.4. The molecular formula is C14H11N3O3. The Kier molecular flexibility index (Phi) is 2.64. The summed E-state index contributed by atoms with van der Waals surface area (Å²) in [5.74, 6) is -0.934. The number of aromatic carboxylic acids is 1. The third kappa shape index (κ3) is 1.78.